The van der Waals surface area contributed by atoms with E-state index in [0.29, 0.717) is 18.1 Å². The molecule has 0 amide bonds. The maximum Gasteiger partial charge on any atom is 0.358 e. The second kappa shape index (κ2) is 5.40. The Balaban J connectivity index is 2.31. The molecule has 0 aliphatic rings. The third kappa shape index (κ3) is 2.60. The molecule has 102 valence electrons. The summed E-state index contributed by atoms with van der Waals surface area (Å²) in [6.45, 7) is 4.99. The molecule has 1 N–H and O–H groups in total. The van der Waals surface area contributed by atoms with Crippen molar-refractivity contribution in [3.8, 4) is 0 Å². The Morgan fingerprint density at radius 1 is 1.47 bits per heavy atom. The van der Waals surface area contributed by atoms with Crippen LogP contribution >= 0.6 is 11.6 Å². The minimum atomic E-state index is -1.10. The SMILES string of the molecule is CCc1nn(CC)c(Cn2cc(C(=O)O)nn2)c1Cl. The van der Waals surface area contributed by atoms with Crippen LogP contribution in [0.1, 0.15) is 35.7 Å². The lowest BCUT2D eigenvalue weighted by atomic mass is 10.3. The molecule has 2 heterocycles. The molecule has 19 heavy (non-hydrogen) atoms. The van der Waals surface area contributed by atoms with Crippen LogP contribution in [0.25, 0.3) is 0 Å². The summed E-state index contributed by atoms with van der Waals surface area (Å²) in [5.74, 6) is -1.10. The van der Waals surface area contributed by atoms with Crippen molar-refractivity contribution in [2.24, 2.45) is 0 Å². The van der Waals surface area contributed by atoms with E-state index in [2.05, 4.69) is 15.4 Å². The Kier molecular flexibility index (Phi) is 3.84. The lowest BCUT2D eigenvalue weighted by Gasteiger charge is -2.04. The van der Waals surface area contributed by atoms with Crippen LogP contribution in [0.3, 0.4) is 0 Å². The van der Waals surface area contributed by atoms with Crippen LogP contribution < -0.4 is 0 Å². The molecule has 0 saturated carbocycles. The maximum atomic E-state index is 10.7. The molecule has 0 bridgehead atoms. The number of hydrogen-bond donors (Lipinski definition) is 1. The van der Waals surface area contributed by atoms with Gasteiger partial charge in [0, 0.05) is 6.54 Å². The van der Waals surface area contributed by atoms with Gasteiger partial charge in [0.15, 0.2) is 5.69 Å². The topological polar surface area (TPSA) is 85.8 Å². The minimum absolute atomic E-state index is 0.0885. The first-order valence-corrected chi connectivity index (χ1v) is 6.32. The van der Waals surface area contributed by atoms with E-state index in [-0.39, 0.29) is 5.69 Å². The number of hydrogen-bond acceptors (Lipinski definition) is 4. The molecular formula is C11H14ClN5O2. The minimum Gasteiger partial charge on any atom is -0.476 e. The van der Waals surface area contributed by atoms with Crippen molar-refractivity contribution >= 4 is 17.6 Å². The Morgan fingerprint density at radius 2 is 2.21 bits per heavy atom. The van der Waals surface area contributed by atoms with E-state index in [9.17, 15) is 4.79 Å². The summed E-state index contributed by atoms with van der Waals surface area (Å²) >= 11 is 6.27. The summed E-state index contributed by atoms with van der Waals surface area (Å²) in [6.07, 6.45) is 2.12. The van der Waals surface area contributed by atoms with E-state index in [4.69, 9.17) is 16.7 Å². The Morgan fingerprint density at radius 3 is 2.74 bits per heavy atom. The fraction of sp³-hybridized carbons (Fsp3) is 0.455. The van der Waals surface area contributed by atoms with Crippen LogP contribution in [0, 0.1) is 0 Å². The first kappa shape index (κ1) is 13.5. The van der Waals surface area contributed by atoms with Gasteiger partial charge < -0.3 is 5.11 Å². The summed E-state index contributed by atoms with van der Waals surface area (Å²) < 4.78 is 3.24. The summed E-state index contributed by atoms with van der Waals surface area (Å²) in [6, 6.07) is 0. The summed E-state index contributed by atoms with van der Waals surface area (Å²) in [5, 5.41) is 21.1. The molecular weight excluding hydrogens is 270 g/mol. The lowest BCUT2D eigenvalue weighted by Crippen LogP contribution is -2.09. The van der Waals surface area contributed by atoms with Crippen LogP contribution in [-0.4, -0.2) is 35.9 Å². The molecule has 2 aromatic rings. The normalized spacial score (nSPS) is 10.9. The fourth-order valence-corrected chi connectivity index (χ4v) is 2.12. The van der Waals surface area contributed by atoms with Crippen LogP contribution in [0.15, 0.2) is 6.20 Å². The van der Waals surface area contributed by atoms with Crippen LogP contribution in [0.2, 0.25) is 5.02 Å². The van der Waals surface area contributed by atoms with Gasteiger partial charge in [-0.2, -0.15) is 5.10 Å². The van der Waals surface area contributed by atoms with Gasteiger partial charge in [-0.15, -0.1) is 5.10 Å². The average Bonchev–Trinajstić information content (AvgIpc) is 2.96. The zero-order chi connectivity index (χ0) is 14.0. The molecule has 0 atom stereocenters. The molecule has 8 heteroatoms. The highest BCUT2D eigenvalue weighted by molar-refractivity contribution is 6.31. The van der Waals surface area contributed by atoms with Gasteiger partial charge in [0.05, 0.1) is 29.2 Å². The first-order valence-electron chi connectivity index (χ1n) is 5.94. The zero-order valence-electron chi connectivity index (χ0n) is 10.7. The molecule has 7 nitrogen and oxygen atoms in total. The predicted molar refractivity (Wildman–Crippen MR) is 68.4 cm³/mol. The van der Waals surface area contributed by atoms with Crippen molar-refractivity contribution in [3.63, 3.8) is 0 Å². The van der Waals surface area contributed by atoms with Crippen molar-refractivity contribution in [1.29, 1.82) is 0 Å². The van der Waals surface area contributed by atoms with E-state index in [1.54, 1.807) is 4.68 Å². The van der Waals surface area contributed by atoms with Crippen molar-refractivity contribution in [1.82, 2.24) is 24.8 Å². The number of carbonyl (C=O) groups is 1. The quantitative estimate of drug-likeness (QED) is 0.898. The highest BCUT2D eigenvalue weighted by atomic mass is 35.5. The van der Waals surface area contributed by atoms with E-state index < -0.39 is 5.97 Å². The molecule has 2 rings (SSSR count). The van der Waals surface area contributed by atoms with E-state index in [1.807, 2.05) is 13.8 Å². The summed E-state index contributed by atoms with van der Waals surface area (Å²) in [7, 11) is 0. The standard InChI is InChI=1S/C11H14ClN5O2/c1-3-7-10(12)9(17(4-2)14-7)6-16-5-8(11(18)19)13-15-16/h5H,3-4,6H2,1-2H3,(H,18,19). The van der Waals surface area contributed by atoms with Gasteiger partial charge in [-0.1, -0.05) is 23.7 Å². The smallest absolute Gasteiger partial charge is 0.358 e. The highest BCUT2D eigenvalue weighted by Crippen LogP contribution is 2.22. The van der Waals surface area contributed by atoms with E-state index in [0.717, 1.165) is 17.8 Å². The van der Waals surface area contributed by atoms with Crippen molar-refractivity contribution in [3.05, 3.63) is 28.3 Å². The average molecular weight is 284 g/mol. The van der Waals surface area contributed by atoms with Crippen molar-refractivity contribution in [2.75, 3.05) is 0 Å². The number of halogens is 1. The Hall–Kier alpha value is -1.89. The Bertz CT molecular complexity index is 604. The first-order chi connectivity index (χ1) is 9.06. The molecule has 0 unspecified atom stereocenters. The highest BCUT2D eigenvalue weighted by Gasteiger charge is 2.16. The molecule has 0 aromatic carbocycles. The molecule has 0 saturated heterocycles. The second-order valence-electron chi connectivity index (χ2n) is 3.98. The Labute approximate surface area is 114 Å². The number of aromatic nitrogens is 5. The van der Waals surface area contributed by atoms with Crippen LogP contribution in [0.4, 0.5) is 0 Å². The monoisotopic (exact) mass is 283 g/mol. The van der Waals surface area contributed by atoms with Gasteiger partial charge in [-0.25, -0.2) is 9.48 Å². The van der Waals surface area contributed by atoms with Crippen LogP contribution in [-0.2, 0) is 19.5 Å². The molecule has 0 radical (unpaired) electrons. The molecule has 2 aromatic heterocycles. The number of rotatable bonds is 5. The zero-order valence-corrected chi connectivity index (χ0v) is 11.4. The van der Waals surface area contributed by atoms with Crippen molar-refractivity contribution in [2.45, 2.75) is 33.4 Å². The number of aryl methyl sites for hydroxylation is 2. The van der Waals surface area contributed by atoms with Gasteiger partial charge in [0.25, 0.3) is 0 Å². The van der Waals surface area contributed by atoms with Gasteiger partial charge >= 0.3 is 5.97 Å². The van der Waals surface area contributed by atoms with E-state index >= 15 is 0 Å². The molecule has 0 aliphatic heterocycles. The lowest BCUT2D eigenvalue weighted by molar-refractivity contribution is 0.0690. The number of carboxylic acid groups (broad SMARTS) is 1. The third-order valence-electron chi connectivity index (χ3n) is 2.76. The number of carboxylic acids is 1. The molecule has 0 fully saturated rings. The molecule has 0 aliphatic carbocycles. The van der Waals surface area contributed by atoms with Gasteiger partial charge in [0.1, 0.15) is 0 Å². The third-order valence-corrected chi connectivity index (χ3v) is 3.20. The fourth-order valence-electron chi connectivity index (χ4n) is 1.80. The largest absolute Gasteiger partial charge is 0.476 e. The van der Waals surface area contributed by atoms with Crippen LogP contribution in [0.5, 0.6) is 0 Å². The number of aromatic carboxylic acids is 1. The summed E-state index contributed by atoms with van der Waals surface area (Å²) in [5.41, 5.74) is 1.55. The van der Waals surface area contributed by atoms with Gasteiger partial charge in [-0.05, 0) is 13.3 Å². The predicted octanol–water partition coefficient (Wildman–Crippen LogP) is 1.46. The van der Waals surface area contributed by atoms with Crippen molar-refractivity contribution < 1.29 is 9.90 Å². The second-order valence-corrected chi connectivity index (χ2v) is 4.36. The van der Waals surface area contributed by atoms with Gasteiger partial charge in [0.2, 0.25) is 0 Å². The molecule has 0 spiro atoms. The summed E-state index contributed by atoms with van der Waals surface area (Å²) in [4.78, 5) is 10.7. The number of nitrogens with zero attached hydrogens (tertiary/aromatic N) is 5. The van der Waals surface area contributed by atoms with E-state index in [1.165, 1.54) is 10.9 Å². The van der Waals surface area contributed by atoms with Gasteiger partial charge in [-0.3, -0.25) is 4.68 Å². The maximum absolute atomic E-state index is 10.7.